The Balaban J connectivity index is 2.33. The van der Waals surface area contributed by atoms with Crippen LogP contribution in [0.1, 0.15) is 22.2 Å². The van der Waals surface area contributed by atoms with E-state index in [1.165, 1.54) is 7.05 Å². The third kappa shape index (κ3) is 2.61. The van der Waals surface area contributed by atoms with Crippen LogP contribution in [-0.2, 0) is 4.79 Å². The van der Waals surface area contributed by atoms with E-state index < -0.39 is 23.5 Å². The van der Waals surface area contributed by atoms with Gasteiger partial charge < -0.3 is 14.5 Å². The second-order valence-corrected chi connectivity index (χ2v) is 4.14. The topological polar surface area (TPSA) is 104 Å². The summed E-state index contributed by atoms with van der Waals surface area (Å²) in [7, 11) is 1.33. The molecule has 0 saturated heterocycles. The fourth-order valence-corrected chi connectivity index (χ4v) is 1.85. The van der Waals surface area contributed by atoms with Crippen molar-refractivity contribution in [1.29, 1.82) is 0 Å². The molecule has 1 aromatic heterocycles. The number of aliphatic carboxylic acids is 1. The van der Waals surface area contributed by atoms with Gasteiger partial charge in [-0.1, -0.05) is 30.3 Å². The fourth-order valence-electron chi connectivity index (χ4n) is 1.85. The first-order valence-electron chi connectivity index (χ1n) is 5.74. The van der Waals surface area contributed by atoms with Crippen LogP contribution in [0, 0.1) is 0 Å². The van der Waals surface area contributed by atoms with Crippen LogP contribution < -0.4 is 5.56 Å². The number of H-pyrrole nitrogens is 1. The normalized spacial score (nSPS) is 11.8. The standard InChI is InChI=1S/C13H12N2O5/c1-15(12(17)9-7-10(16)14-20-9)11(13(18)19)8-5-3-2-4-6-8/h2-7,11H,1H3,(H,14,16)(H,18,19)/t11-/m1/s1. The molecule has 0 radical (unpaired) electrons. The minimum Gasteiger partial charge on any atom is -0.479 e. The molecule has 0 unspecified atom stereocenters. The zero-order valence-electron chi connectivity index (χ0n) is 10.6. The summed E-state index contributed by atoms with van der Waals surface area (Å²) >= 11 is 0. The van der Waals surface area contributed by atoms with Gasteiger partial charge in [0.25, 0.3) is 11.5 Å². The van der Waals surface area contributed by atoms with Crippen LogP contribution in [0.5, 0.6) is 0 Å². The van der Waals surface area contributed by atoms with Gasteiger partial charge in [-0.15, -0.1) is 0 Å². The van der Waals surface area contributed by atoms with Crippen LogP contribution in [0.3, 0.4) is 0 Å². The Kier molecular flexibility index (Phi) is 3.69. The first-order valence-corrected chi connectivity index (χ1v) is 5.74. The molecule has 0 aliphatic rings. The smallest absolute Gasteiger partial charge is 0.331 e. The maximum Gasteiger partial charge on any atom is 0.331 e. The predicted octanol–water partition coefficient (Wildman–Crippen LogP) is 0.866. The second kappa shape index (κ2) is 5.43. The molecule has 7 heteroatoms. The molecule has 20 heavy (non-hydrogen) atoms. The monoisotopic (exact) mass is 276 g/mol. The van der Waals surface area contributed by atoms with Gasteiger partial charge in [-0.3, -0.25) is 9.59 Å². The number of carbonyl (C=O) groups is 2. The molecule has 0 aliphatic heterocycles. The summed E-state index contributed by atoms with van der Waals surface area (Å²) in [6.45, 7) is 0. The average molecular weight is 276 g/mol. The Morgan fingerprint density at radius 1 is 1.30 bits per heavy atom. The lowest BCUT2D eigenvalue weighted by atomic mass is 10.1. The lowest BCUT2D eigenvalue weighted by molar-refractivity contribution is -0.142. The van der Waals surface area contributed by atoms with Crippen molar-refractivity contribution >= 4 is 11.9 Å². The first kappa shape index (κ1) is 13.6. The molecule has 0 spiro atoms. The Hall–Kier alpha value is -2.83. The van der Waals surface area contributed by atoms with Crippen molar-refractivity contribution in [2.24, 2.45) is 0 Å². The van der Waals surface area contributed by atoms with Gasteiger partial charge in [-0.05, 0) is 5.56 Å². The number of likely N-dealkylation sites (N-methyl/N-ethyl adjacent to an activating group) is 1. The van der Waals surface area contributed by atoms with Gasteiger partial charge in [0.15, 0.2) is 6.04 Å². The van der Waals surface area contributed by atoms with Crippen molar-refractivity contribution in [2.75, 3.05) is 7.05 Å². The van der Waals surface area contributed by atoms with Crippen molar-refractivity contribution in [3.63, 3.8) is 0 Å². The van der Waals surface area contributed by atoms with Crippen molar-refractivity contribution in [3.8, 4) is 0 Å². The molecule has 1 heterocycles. The van der Waals surface area contributed by atoms with E-state index in [1.54, 1.807) is 30.3 Å². The number of rotatable bonds is 4. The van der Waals surface area contributed by atoms with E-state index in [9.17, 15) is 19.5 Å². The fraction of sp³-hybridized carbons (Fsp3) is 0.154. The van der Waals surface area contributed by atoms with Gasteiger partial charge in [0.05, 0.1) is 6.07 Å². The molecule has 1 aromatic carbocycles. The van der Waals surface area contributed by atoms with Crippen LogP contribution in [-0.4, -0.2) is 34.1 Å². The summed E-state index contributed by atoms with van der Waals surface area (Å²) in [4.78, 5) is 35.4. The third-order valence-electron chi connectivity index (χ3n) is 2.79. The number of carboxylic acid groups (broad SMARTS) is 1. The second-order valence-electron chi connectivity index (χ2n) is 4.14. The maximum atomic E-state index is 12.1. The highest BCUT2D eigenvalue weighted by atomic mass is 16.5. The average Bonchev–Trinajstić information content (AvgIpc) is 2.85. The van der Waals surface area contributed by atoms with E-state index in [4.69, 9.17) is 4.52 Å². The molecule has 2 aromatic rings. The highest BCUT2D eigenvalue weighted by Crippen LogP contribution is 2.21. The van der Waals surface area contributed by atoms with Crippen LogP contribution in [0.2, 0.25) is 0 Å². The largest absolute Gasteiger partial charge is 0.479 e. The number of carbonyl (C=O) groups excluding carboxylic acids is 1. The molecule has 104 valence electrons. The lowest BCUT2D eigenvalue weighted by Crippen LogP contribution is -2.35. The highest BCUT2D eigenvalue weighted by Gasteiger charge is 2.30. The SMILES string of the molecule is CN(C(=O)c1cc(=O)[nH]o1)[C@@H](C(=O)O)c1ccccc1. The van der Waals surface area contributed by atoms with Crippen molar-refractivity contribution in [2.45, 2.75) is 6.04 Å². The van der Waals surface area contributed by atoms with Gasteiger partial charge in [-0.2, -0.15) is 5.16 Å². The Bertz CT molecular complexity index is 673. The number of carboxylic acids is 1. The van der Waals surface area contributed by atoms with Gasteiger partial charge >= 0.3 is 5.97 Å². The minimum atomic E-state index is -1.18. The van der Waals surface area contributed by atoms with Crippen LogP contribution in [0.15, 0.2) is 45.7 Å². The molecule has 1 amide bonds. The molecule has 1 atom stereocenters. The number of benzene rings is 1. The number of nitrogens with zero attached hydrogens (tertiary/aromatic N) is 1. The lowest BCUT2D eigenvalue weighted by Gasteiger charge is -2.24. The van der Waals surface area contributed by atoms with E-state index in [0.717, 1.165) is 11.0 Å². The summed E-state index contributed by atoms with van der Waals surface area (Å²) in [6, 6.07) is 8.13. The Morgan fingerprint density at radius 3 is 2.45 bits per heavy atom. The maximum absolute atomic E-state index is 12.1. The Labute approximate surface area is 113 Å². The molecule has 2 N–H and O–H groups in total. The first-order chi connectivity index (χ1) is 9.50. The summed E-state index contributed by atoms with van der Waals surface area (Å²) < 4.78 is 4.69. The van der Waals surface area contributed by atoms with Gasteiger partial charge in [0, 0.05) is 7.05 Å². The minimum absolute atomic E-state index is 0.236. The molecule has 7 nitrogen and oxygen atoms in total. The number of aromatic amines is 1. The van der Waals surface area contributed by atoms with Gasteiger partial charge in [0.2, 0.25) is 5.76 Å². The Morgan fingerprint density at radius 2 is 1.95 bits per heavy atom. The molecule has 0 fully saturated rings. The zero-order valence-corrected chi connectivity index (χ0v) is 10.6. The summed E-state index contributed by atoms with van der Waals surface area (Å²) in [5, 5.41) is 11.3. The number of amides is 1. The van der Waals surface area contributed by atoms with E-state index in [1.807, 2.05) is 5.16 Å². The van der Waals surface area contributed by atoms with Gasteiger partial charge in [0.1, 0.15) is 0 Å². The number of hydrogen-bond acceptors (Lipinski definition) is 4. The molecule has 0 aliphatic carbocycles. The zero-order chi connectivity index (χ0) is 14.7. The van der Waals surface area contributed by atoms with Crippen molar-refractivity contribution in [1.82, 2.24) is 10.1 Å². The highest BCUT2D eigenvalue weighted by molar-refractivity contribution is 5.94. The summed E-state index contributed by atoms with van der Waals surface area (Å²) in [5.41, 5.74) is -0.109. The summed E-state index contributed by atoms with van der Waals surface area (Å²) in [6.07, 6.45) is 0. The molecular weight excluding hydrogens is 264 g/mol. The van der Waals surface area contributed by atoms with E-state index >= 15 is 0 Å². The van der Waals surface area contributed by atoms with Crippen LogP contribution in [0.25, 0.3) is 0 Å². The predicted molar refractivity (Wildman–Crippen MR) is 68.2 cm³/mol. The van der Waals surface area contributed by atoms with Crippen LogP contribution in [0.4, 0.5) is 0 Å². The number of hydrogen-bond donors (Lipinski definition) is 2. The quantitative estimate of drug-likeness (QED) is 0.862. The number of aromatic nitrogens is 1. The van der Waals surface area contributed by atoms with E-state index in [-0.39, 0.29) is 5.76 Å². The molecule has 0 bridgehead atoms. The molecule has 2 rings (SSSR count). The van der Waals surface area contributed by atoms with E-state index in [2.05, 4.69) is 0 Å². The van der Waals surface area contributed by atoms with E-state index in [0.29, 0.717) is 5.56 Å². The third-order valence-corrected chi connectivity index (χ3v) is 2.79. The molecule has 0 saturated carbocycles. The number of nitrogens with one attached hydrogen (secondary N) is 1. The van der Waals surface area contributed by atoms with Gasteiger partial charge in [-0.25, -0.2) is 4.79 Å². The summed E-state index contributed by atoms with van der Waals surface area (Å²) in [5.74, 6) is -2.11. The van der Waals surface area contributed by atoms with Crippen molar-refractivity contribution < 1.29 is 19.2 Å². The van der Waals surface area contributed by atoms with Crippen molar-refractivity contribution in [3.05, 3.63) is 58.1 Å². The molecular formula is C13H12N2O5. The van der Waals surface area contributed by atoms with Crippen LogP contribution >= 0.6 is 0 Å².